The van der Waals surface area contributed by atoms with Gasteiger partial charge in [0.2, 0.25) is 0 Å². The van der Waals surface area contributed by atoms with Gasteiger partial charge in [-0.05, 0) is 12.8 Å². The van der Waals surface area contributed by atoms with E-state index in [9.17, 15) is 4.79 Å². The van der Waals surface area contributed by atoms with Gasteiger partial charge in [-0.25, -0.2) is 0 Å². The maximum atomic E-state index is 10.1. The molecule has 1 aliphatic rings. The quantitative estimate of drug-likeness (QED) is 0.382. The summed E-state index contributed by atoms with van der Waals surface area (Å²) in [5, 5.41) is 0. The first-order valence-electron chi connectivity index (χ1n) is 2.35. The Kier molecular flexibility index (Phi) is 1.36. The van der Waals surface area contributed by atoms with Crippen molar-refractivity contribution in [2.75, 3.05) is 4.43 Å². The number of aldehydes is 1. The van der Waals surface area contributed by atoms with Gasteiger partial charge in [0.15, 0.2) is 0 Å². The summed E-state index contributed by atoms with van der Waals surface area (Å²) >= 11 is 2.26. The van der Waals surface area contributed by atoms with Gasteiger partial charge in [0.25, 0.3) is 0 Å². The van der Waals surface area contributed by atoms with E-state index in [-0.39, 0.29) is 5.41 Å². The first-order chi connectivity index (χ1) is 3.33. The van der Waals surface area contributed by atoms with Crippen LogP contribution in [0, 0.1) is 5.41 Å². The van der Waals surface area contributed by atoms with Crippen LogP contribution in [0.15, 0.2) is 0 Å². The molecule has 0 aromatic carbocycles. The molecule has 0 radical (unpaired) electrons. The summed E-state index contributed by atoms with van der Waals surface area (Å²) in [6.07, 6.45) is 3.35. The Morgan fingerprint density at radius 2 is 2.29 bits per heavy atom. The fraction of sp³-hybridized carbons (Fsp3) is 0.800. The molecule has 0 unspecified atom stereocenters. The van der Waals surface area contributed by atoms with Crippen molar-refractivity contribution in [1.82, 2.24) is 0 Å². The van der Waals surface area contributed by atoms with Gasteiger partial charge in [0.1, 0.15) is 6.29 Å². The minimum absolute atomic E-state index is 0.139. The molecule has 0 atom stereocenters. The summed E-state index contributed by atoms with van der Waals surface area (Å²) in [4.78, 5) is 10.1. The lowest BCUT2D eigenvalue weighted by Crippen LogP contribution is -2.01. The predicted molar refractivity (Wildman–Crippen MR) is 36.6 cm³/mol. The van der Waals surface area contributed by atoms with Gasteiger partial charge in [-0.15, -0.1) is 0 Å². The minimum Gasteiger partial charge on any atom is -0.303 e. The highest BCUT2D eigenvalue weighted by molar-refractivity contribution is 14.1. The summed E-state index contributed by atoms with van der Waals surface area (Å²) in [6, 6.07) is 0. The number of carbonyl (C=O) groups is 1. The largest absolute Gasteiger partial charge is 0.303 e. The monoisotopic (exact) mass is 210 g/mol. The molecule has 0 aromatic heterocycles. The fourth-order valence-electron chi connectivity index (χ4n) is 0.444. The van der Waals surface area contributed by atoms with E-state index < -0.39 is 0 Å². The number of hydrogen-bond donors (Lipinski definition) is 0. The lowest BCUT2D eigenvalue weighted by Gasteiger charge is -1.93. The molecule has 0 saturated heterocycles. The van der Waals surface area contributed by atoms with Crippen LogP contribution < -0.4 is 0 Å². The minimum atomic E-state index is 0.139. The average molecular weight is 210 g/mol. The second kappa shape index (κ2) is 1.73. The van der Waals surface area contributed by atoms with Crippen LogP contribution in [0.2, 0.25) is 0 Å². The molecule has 1 saturated carbocycles. The third-order valence-corrected chi connectivity index (χ3v) is 2.93. The molecule has 0 N–H and O–H groups in total. The Labute approximate surface area is 56.6 Å². The number of carbonyl (C=O) groups excluding carboxylic acids is 1. The van der Waals surface area contributed by atoms with Crippen LogP contribution in [-0.2, 0) is 4.79 Å². The van der Waals surface area contributed by atoms with Crippen molar-refractivity contribution in [3.8, 4) is 0 Å². The maximum Gasteiger partial charge on any atom is 0.126 e. The molecule has 1 rings (SSSR count). The van der Waals surface area contributed by atoms with Crippen LogP contribution in [-0.4, -0.2) is 10.7 Å². The first kappa shape index (κ1) is 5.54. The van der Waals surface area contributed by atoms with Crippen molar-refractivity contribution in [2.45, 2.75) is 12.8 Å². The molecule has 40 valence electrons. The van der Waals surface area contributed by atoms with Crippen molar-refractivity contribution in [1.29, 1.82) is 0 Å². The van der Waals surface area contributed by atoms with Gasteiger partial charge in [0.05, 0.1) is 0 Å². The van der Waals surface area contributed by atoms with Gasteiger partial charge >= 0.3 is 0 Å². The number of halogens is 1. The smallest absolute Gasteiger partial charge is 0.126 e. The Bertz CT molecular complexity index is 86.1. The van der Waals surface area contributed by atoms with E-state index in [2.05, 4.69) is 22.6 Å². The highest BCUT2D eigenvalue weighted by Gasteiger charge is 2.40. The molecule has 7 heavy (non-hydrogen) atoms. The van der Waals surface area contributed by atoms with Crippen LogP contribution in [0.5, 0.6) is 0 Å². The molecule has 0 bridgehead atoms. The molecule has 0 amide bonds. The van der Waals surface area contributed by atoms with E-state index in [1.807, 2.05) is 0 Å². The number of rotatable bonds is 2. The normalized spacial score (nSPS) is 24.1. The van der Waals surface area contributed by atoms with Gasteiger partial charge in [-0.2, -0.15) is 0 Å². The zero-order chi connectivity index (χ0) is 5.33. The van der Waals surface area contributed by atoms with Gasteiger partial charge < -0.3 is 4.79 Å². The summed E-state index contributed by atoms with van der Waals surface area (Å²) in [6.45, 7) is 0. The van der Waals surface area contributed by atoms with E-state index in [0.717, 1.165) is 23.6 Å². The Hall–Kier alpha value is 0.400. The standard InChI is InChI=1S/C5H7IO/c6-3-5(4-7)1-2-5/h4H,1-3H2. The Morgan fingerprint density at radius 1 is 1.71 bits per heavy atom. The topological polar surface area (TPSA) is 17.1 Å². The van der Waals surface area contributed by atoms with E-state index in [1.54, 1.807) is 0 Å². The third-order valence-electron chi connectivity index (χ3n) is 1.41. The van der Waals surface area contributed by atoms with Crippen LogP contribution in [0.4, 0.5) is 0 Å². The molecular weight excluding hydrogens is 203 g/mol. The van der Waals surface area contributed by atoms with Crippen molar-refractivity contribution in [3.63, 3.8) is 0 Å². The number of hydrogen-bond acceptors (Lipinski definition) is 1. The molecule has 2 heteroatoms. The fourth-order valence-corrected chi connectivity index (χ4v) is 1.39. The summed E-state index contributed by atoms with van der Waals surface area (Å²) < 4.78 is 1.01. The highest BCUT2D eigenvalue weighted by Crippen LogP contribution is 2.44. The number of alkyl halides is 1. The van der Waals surface area contributed by atoms with Crippen molar-refractivity contribution < 1.29 is 4.79 Å². The van der Waals surface area contributed by atoms with Crippen molar-refractivity contribution in [3.05, 3.63) is 0 Å². The lowest BCUT2D eigenvalue weighted by atomic mass is 10.2. The molecule has 0 aliphatic heterocycles. The Balaban J connectivity index is 2.42. The van der Waals surface area contributed by atoms with Gasteiger partial charge in [0, 0.05) is 9.84 Å². The molecule has 0 spiro atoms. The van der Waals surface area contributed by atoms with E-state index in [4.69, 9.17) is 0 Å². The second-order valence-corrected chi connectivity index (χ2v) is 2.88. The van der Waals surface area contributed by atoms with Crippen LogP contribution >= 0.6 is 22.6 Å². The van der Waals surface area contributed by atoms with Crippen LogP contribution in [0.25, 0.3) is 0 Å². The lowest BCUT2D eigenvalue weighted by molar-refractivity contribution is -0.111. The van der Waals surface area contributed by atoms with Crippen LogP contribution in [0.1, 0.15) is 12.8 Å². The molecular formula is C5H7IO. The summed E-state index contributed by atoms with van der Waals surface area (Å²) in [5.41, 5.74) is 0.139. The predicted octanol–water partition coefficient (Wildman–Crippen LogP) is 1.40. The molecule has 1 nitrogen and oxygen atoms in total. The first-order valence-corrected chi connectivity index (χ1v) is 3.88. The molecule has 0 aromatic rings. The second-order valence-electron chi connectivity index (χ2n) is 2.11. The van der Waals surface area contributed by atoms with E-state index >= 15 is 0 Å². The highest BCUT2D eigenvalue weighted by atomic mass is 127. The average Bonchev–Trinajstić information content (AvgIpc) is 2.46. The SMILES string of the molecule is O=CC1(CI)CC1. The van der Waals surface area contributed by atoms with E-state index in [0.29, 0.717) is 0 Å². The molecule has 1 fully saturated rings. The van der Waals surface area contributed by atoms with Crippen molar-refractivity contribution in [2.24, 2.45) is 5.41 Å². The van der Waals surface area contributed by atoms with Gasteiger partial charge in [-0.3, -0.25) is 0 Å². The van der Waals surface area contributed by atoms with Gasteiger partial charge in [-0.1, -0.05) is 22.6 Å². The maximum absolute atomic E-state index is 10.1. The summed E-state index contributed by atoms with van der Waals surface area (Å²) in [5.74, 6) is 0. The van der Waals surface area contributed by atoms with E-state index in [1.165, 1.54) is 0 Å². The van der Waals surface area contributed by atoms with Crippen LogP contribution in [0.3, 0.4) is 0 Å². The Morgan fingerprint density at radius 3 is 2.29 bits per heavy atom. The van der Waals surface area contributed by atoms with Crippen molar-refractivity contribution >= 4 is 28.9 Å². The zero-order valence-corrected chi connectivity index (χ0v) is 6.14. The molecule has 1 aliphatic carbocycles. The third kappa shape index (κ3) is 0.953. The zero-order valence-electron chi connectivity index (χ0n) is 3.98. The summed E-state index contributed by atoms with van der Waals surface area (Å²) in [7, 11) is 0. The molecule has 0 heterocycles.